The normalized spacial score (nSPS) is 10.5. The van der Waals surface area contributed by atoms with Gasteiger partial charge in [0.1, 0.15) is 16.5 Å². The maximum Gasteiger partial charge on any atom is 0.144 e. The summed E-state index contributed by atoms with van der Waals surface area (Å²) in [6, 6.07) is 4.68. The van der Waals surface area contributed by atoms with Crippen molar-refractivity contribution in [3.05, 3.63) is 27.3 Å². The standard InChI is InChI=1S/C7H7IO3S/c8-7-2-1-6(9)3-5(7)4-12(10)11/h1-3,9,12H,4H2. The summed E-state index contributed by atoms with van der Waals surface area (Å²) in [6.07, 6.45) is 0. The molecule has 1 aromatic carbocycles. The highest BCUT2D eigenvalue weighted by Gasteiger charge is 2.01. The van der Waals surface area contributed by atoms with E-state index in [0.29, 0.717) is 5.56 Å². The Morgan fingerprint density at radius 2 is 2.08 bits per heavy atom. The number of benzene rings is 1. The van der Waals surface area contributed by atoms with Crippen LogP contribution in [0, 0.1) is 3.57 Å². The number of hydrogen-bond acceptors (Lipinski definition) is 3. The number of thiol groups is 1. The molecule has 0 aliphatic rings. The summed E-state index contributed by atoms with van der Waals surface area (Å²) in [7, 11) is -2.42. The van der Waals surface area contributed by atoms with Gasteiger partial charge in [-0.25, -0.2) is 8.42 Å². The van der Waals surface area contributed by atoms with Gasteiger partial charge in [0.2, 0.25) is 0 Å². The summed E-state index contributed by atoms with van der Waals surface area (Å²) in [5.74, 6) is 0.0874. The van der Waals surface area contributed by atoms with Gasteiger partial charge < -0.3 is 5.11 Å². The predicted molar refractivity (Wildman–Crippen MR) is 54.8 cm³/mol. The highest BCUT2D eigenvalue weighted by Crippen LogP contribution is 2.18. The minimum Gasteiger partial charge on any atom is -0.508 e. The Bertz CT molecular complexity index is 352. The average Bonchev–Trinajstić information content (AvgIpc) is 1.96. The van der Waals surface area contributed by atoms with Gasteiger partial charge in [-0.05, 0) is 46.4 Å². The van der Waals surface area contributed by atoms with Gasteiger partial charge in [-0.15, -0.1) is 0 Å². The van der Waals surface area contributed by atoms with Crippen LogP contribution in [0.2, 0.25) is 0 Å². The number of phenolic OH excluding ortho intramolecular Hbond substituents is 1. The fraction of sp³-hybridized carbons (Fsp3) is 0.143. The molecule has 0 saturated heterocycles. The Morgan fingerprint density at radius 3 is 2.67 bits per heavy atom. The third-order valence-electron chi connectivity index (χ3n) is 1.33. The second kappa shape index (κ2) is 4.08. The molecule has 0 bridgehead atoms. The highest BCUT2D eigenvalue weighted by molar-refractivity contribution is 14.1. The van der Waals surface area contributed by atoms with E-state index in [1.807, 2.05) is 22.6 Å². The van der Waals surface area contributed by atoms with E-state index in [4.69, 9.17) is 5.11 Å². The molecular weight excluding hydrogens is 291 g/mol. The molecule has 0 spiro atoms. The summed E-state index contributed by atoms with van der Waals surface area (Å²) in [4.78, 5) is 0. The largest absolute Gasteiger partial charge is 0.508 e. The molecule has 0 heterocycles. The van der Waals surface area contributed by atoms with Gasteiger partial charge >= 0.3 is 0 Å². The molecule has 1 aromatic rings. The van der Waals surface area contributed by atoms with Gasteiger partial charge in [0.15, 0.2) is 0 Å². The molecule has 3 nitrogen and oxygen atoms in total. The maximum atomic E-state index is 10.4. The fourth-order valence-corrected chi connectivity index (χ4v) is 2.19. The van der Waals surface area contributed by atoms with Gasteiger partial charge in [0.25, 0.3) is 0 Å². The summed E-state index contributed by atoms with van der Waals surface area (Å²) < 4.78 is 21.6. The minimum absolute atomic E-state index is 0.0119. The van der Waals surface area contributed by atoms with Crippen molar-refractivity contribution in [3.8, 4) is 5.75 Å². The monoisotopic (exact) mass is 298 g/mol. The number of aromatic hydroxyl groups is 1. The smallest absolute Gasteiger partial charge is 0.144 e. The predicted octanol–water partition coefficient (Wildman–Crippen LogP) is 1.11. The van der Waals surface area contributed by atoms with E-state index in [9.17, 15) is 8.42 Å². The first-order valence-corrected chi connectivity index (χ1v) is 5.63. The van der Waals surface area contributed by atoms with Crippen molar-refractivity contribution in [2.75, 3.05) is 0 Å². The van der Waals surface area contributed by atoms with Crippen LogP contribution < -0.4 is 0 Å². The molecule has 0 atom stereocenters. The molecular formula is C7H7IO3S. The van der Waals surface area contributed by atoms with E-state index >= 15 is 0 Å². The Hall–Kier alpha value is -0.300. The van der Waals surface area contributed by atoms with Gasteiger partial charge in [-0.1, -0.05) is 0 Å². The number of halogens is 1. The topological polar surface area (TPSA) is 54.4 Å². The van der Waals surface area contributed by atoms with E-state index in [1.165, 1.54) is 12.1 Å². The molecule has 0 saturated carbocycles. The molecule has 12 heavy (non-hydrogen) atoms. The van der Waals surface area contributed by atoms with Crippen LogP contribution >= 0.6 is 22.6 Å². The molecule has 0 aliphatic heterocycles. The Labute approximate surface area is 85.5 Å². The summed E-state index contributed by atoms with van der Waals surface area (Å²) in [5, 5.41) is 9.05. The van der Waals surface area contributed by atoms with E-state index in [0.717, 1.165) is 3.57 Å². The lowest BCUT2D eigenvalue weighted by molar-refractivity contribution is 0.474. The lowest BCUT2D eigenvalue weighted by Gasteiger charge is -1.99. The van der Waals surface area contributed by atoms with Crippen molar-refractivity contribution in [3.63, 3.8) is 0 Å². The second-order valence-electron chi connectivity index (χ2n) is 2.27. The van der Waals surface area contributed by atoms with Crippen molar-refractivity contribution in [1.29, 1.82) is 0 Å². The molecule has 0 unspecified atom stereocenters. The molecule has 1 N–H and O–H groups in total. The average molecular weight is 298 g/mol. The Balaban J connectivity index is 3.05. The first-order chi connectivity index (χ1) is 5.59. The van der Waals surface area contributed by atoms with Crippen LogP contribution in [0.5, 0.6) is 5.75 Å². The summed E-state index contributed by atoms with van der Waals surface area (Å²) in [5.41, 5.74) is 0.645. The first-order valence-electron chi connectivity index (χ1n) is 3.19. The van der Waals surface area contributed by atoms with Crippen LogP contribution in [-0.4, -0.2) is 13.5 Å². The van der Waals surface area contributed by atoms with Crippen LogP contribution in [0.4, 0.5) is 0 Å². The zero-order valence-corrected chi connectivity index (χ0v) is 9.08. The second-order valence-corrected chi connectivity index (χ2v) is 4.41. The lowest BCUT2D eigenvalue weighted by Crippen LogP contribution is -1.89. The molecule has 0 radical (unpaired) electrons. The third-order valence-corrected chi connectivity index (χ3v) is 2.98. The lowest BCUT2D eigenvalue weighted by atomic mass is 10.2. The molecule has 0 fully saturated rings. The summed E-state index contributed by atoms with van der Waals surface area (Å²) in [6.45, 7) is 0. The molecule has 0 amide bonds. The van der Waals surface area contributed by atoms with Crippen molar-refractivity contribution in [2.24, 2.45) is 0 Å². The van der Waals surface area contributed by atoms with Crippen molar-refractivity contribution < 1.29 is 13.5 Å². The zero-order valence-electron chi connectivity index (χ0n) is 6.03. The van der Waals surface area contributed by atoms with Gasteiger partial charge in [0, 0.05) is 3.57 Å². The van der Waals surface area contributed by atoms with E-state index in [1.54, 1.807) is 6.07 Å². The number of hydrogen-bond donors (Lipinski definition) is 2. The van der Waals surface area contributed by atoms with E-state index < -0.39 is 10.7 Å². The maximum absolute atomic E-state index is 10.4. The minimum atomic E-state index is -2.42. The first kappa shape index (κ1) is 9.79. The Morgan fingerprint density at radius 1 is 1.42 bits per heavy atom. The molecule has 66 valence electrons. The third kappa shape index (κ3) is 2.63. The van der Waals surface area contributed by atoms with Crippen LogP contribution in [0.15, 0.2) is 18.2 Å². The van der Waals surface area contributed by atoms with Crippen molar-refractivity contribution in [1.82, 2.24) is 0 Å². The van der Waals surface area contributed by atoms with Gasteiger partial charge in [-0.3, -0.25) is 0 Å². The molecule has 0 aliphatic carbocycles. The fourth-order valence-electron chi connectivity index (χ4n) is 0.821. The van der Waals surface area contributed by atoms with E-state index in [2.05, 4.69) is 0 Å². The summed E-state index contributed by atoms with van der Waals surface area (Å²) >= 11 is 2.03. The number of phenols is 1. The highest BCUT2D eigenvalue weighted by atomic mass is 127. The van der Waals surface area contributed by atoms with Crippen molar-refractivity contribution >= 4 is 33.3 Å². The van der Waals surface area contributed by atoms with E-state index in [-0.39, 0.29) is 11.5 Å². The molecule has 1 rings (SSSR count). The van der Waals surface area contributed by atoms with Crippen LogP contribution in [0.3, 0.4) is 0 Å². The molecule has 0 aromatic heterocycles. The van der Waals surface area contributed by atoms with Crippen molar-refractivity contribution in [2.45, 2.75) is 5.75 Å². The Kier molecular flexibility index (Phi) is 3.33. The number of rotatable bonds is 2. The molecule has 5 heteroatoms. The quantitative estimate of drug-likeness (QED) is 0.635. The van der Waals surface area contributed by atoms with Gasteiger partial charge in [0.05, 0.1) is 5.75 Å². The van der Waals surface area contributed by atoms with Gasteiger partial charge in [-0.2, -0.15) is 0 Å². The van der Waals surface area contributed by atoms with Crippen LogP contribution in [0.25, 0.3) is 0 Å². The zero-order chi connectivity index (χ0) is 9.14. The van der Waals surface area contributed by atoms with Crippen LogP contribution in [-0.2, 0) is 16.5 Å². The SMILES string of the molecule is O=[SH](=O)Cc1cc(O)ccc1I. The van der Waals surface area contributed by atoms with Crippen LogP contribution in [0.1, 0.15) is 5.56 Å².